The van der Waals surface area contributed by atoms with Gasteiger partial charge in [0.15, 0.2) is 17.7 Å². The molecule has 2 N–H and O–H groups in total. The maximum absolute atomic E-state index is 13.3. The first kappa shape index (κ1) is 18.1. The van der Waals surface area contributed by atoms with Crippen molar-refractivity contribution in [3.8, 4) is 17.2 Å². The van der Waals surface area contributed by atoms with Crippen molar-refractivity contribution in [2.75, 3.05) is 12.1 Å². The van der Waals surface area contributed by atoms with Gasteiger partial charge in [0.2, 0.25) is 6.79 Å². The lowest BCUT2D eigenvalue weighted by atomic mass is 10.0. The summed E-state index contributed by atoms with van der Waals surface area (Å²) in [4.78, 5) is 13.3. The molecule has 7 nitrogen and oxygen atoms in total. The van der Waals surface area contributed by atoms with Gasteiger partial charge in [-0.2, -0.15) is 5.10 Å². The molecule has 30 heavy (non-hydrogen) atoms. The maximum atomic E-state index is 13.3. The first-order valence-corrected chi connectivity index (χ1v) is 9.54. The summed E-state index contributed by atoms with van der Waals surface area (Å²) in [6.45, 7) is 1.94. The third kappa shape index (κ3) is 3.00. The normalized spacial score (nSPS) is 17.5. The minimum Gasteiger partial charge on any atom is -0.507 e. The second-order valence-electron chi connectivity index (χ2n) is 7.06. The van der Waals surface area contributed by atoms with Gasteiger partial charge in [0, 0.05) is 16.8 Å². The zero-order valence-corrected chi connectivity index (χ0v) is 16.2. The highest BCUT2D eigenvalue weighted by molar-refractivity contribution is 6.05. The Balaban J connectivity index is 1.61. The third-order valence-corrected chi connectivity index (χ3v) is 5.17. The SMILES string of the molecule is CC(=NN1C(=O)c2ccccc2NC1c1ccc2c(c1)OCO2)c1ccccc1O. The number of amides is 1. The number of rotatable bonds is 3. The van der Waals surface area contributed by atoms with Crippen LogP contribution in [-0.4, -0.2) is 28.5 Å². The van der Waals surface area contributed by atoms with E-state index in [9.17, 15) is 9.90 Å². The number of phenolic OH excluding ortho intramolecular Hbond substituents is 1. The number of phenols is 1. The van der Waals surface area contributed by atoms with Crippen molar-refractivity contribution in [3.05, 3.63) is 83.4 Å². The monoisotopic (exact) mass is 401 g/mol. The summed E-state index contributed by atoms with van der Waals surface area (Å²) in [5, 5.41) is 19.6. The largest absolute Gasteiger partial charge is 0.507 e. The predicted octanol–water partition coefficient (Wildman–Crippen LogP) is 4.11. The van der Waals surface area contributed by atoms with E-state index in [2.05, 4.69) is 10.4 Å². The van der Waals surface area contributed by atoms with Crippen molar-refractivity contribution >= 4 is 17.3 Å². The Kier molecular flexibility index (Phi) is 4.28. The fourth-order valence-electron chi connectivity index (χ4n) is 3.65. The summed E-state index contributed by atoms with van der Waals surface area (Å²) in [6, 6.07) is 19.8. The zero-order valence-electron chi connectivity index (χ0n) is 16.2. The smallest absolute Gasteiger partial charge is 0.278 e. The molecule has 1 unspecified atom stereocenters. The molecule has 0 saturated heterocycles. The molecule has 1 atom stereocenters. The summed E-state index contributed by atoms with van der Waals surface area (Å²) < 4.78 is 10.9. The summed E-state index contributed by atoms with van der Waals surface area (Å²) in [6.07, 6.45) is -0.553. The molecule has 3 aromatic carbocycles. The van der Waals surface area contributed by atoms with Crippen LogP contribution in [0.5, 0.6) is 17.2 Å². The van der Waals surface area contributed by atoms with E-state index in [4.69, 9.17) is 9.47 Å². The average Bonchev–Trinajstić information content (AvgIpc) is 3.23. The van der Waals surface area contributed by atoms with Gasteiger partial charge in [0.05, 0.1) is 11.3 Å². The lowest BCUT2D eigenvalue weighted by Gasteiger charge is -2.35. The van der Waals surface area contributed by atoms with Gasteiger partial charge >= 0.3 is 0 Å². The van der Waals surface area contributed by atoms with Crippen molar-refractivity contribution in [3.63, 3.8) is 0 Å². The number of carbonyl (C=O) groups excluding carboxylic acids is 1. The molecule has 150 valence electrons. The molecule has 0 saturated carbocycles. The topological polar surface area (TPSA) is 83.4 Å². The number of carbonyl (C=O) groups is 1. The van der Waals surface area contributed by atoms with E-state index in [1.165, 1.54) is 5.01 Å². The zero-order chi connectivity index (χ0) is 20.7. The maximum Gasteiger partial charge on any atom is 0.278 e. The molecule has 5 rings (SSSR count). The van der Waals surface area contributed by atoms with Crippen LogP contribution in [0.1, 0.15) is 34.6 Å². The quantitative estimate of drug-likeness (QED) is 0.646. The van der Waals surface area contributed by atoms with Crippen LogP contribution in [-0.2, 0) is 0 Å². The van der Waals surface area contributed by atoms with Gasteiger partial charge in [-0.3, -0.25) is 4.79 Å². The Bertz CT molecular complexity index is 1170. The van der Waals surface area contributed by atoms with E-state index in [0.29, 0.717) is 28.3 Å². The number of hydrazone groups is 1. The van der Waals surface area contributed by atoms with Gasteiger partial charge in [0.25, 0.3) is 5.91 Å². The van der Waals surface area contributed by atoms with E-state index in [0.717, 1.165) is 11.3 Å². The predicted molar refractivity (Wildman–Crippen MR) is 112 cm³/mol. The number of para-hydroxylation sites is 2. The molecule has 0 aromatic heterocycles. The van der Waals surface area contributed by atoms with Crippen LogP contribution in [0.25, 0.3) is 0 Å². The minimum absolute atomic E-state index is 0.108. The van der Waals surface area contributed by atoms with Crippen LogP contribution < -0.4 is 14.8 Å². The van der Waals surface area contributed by atoms with Gasteiger partial charge < -0.3 is 19.9 Å². The van der Waals surface area contributed by atoms with Crippen LogP contribution >= 0.6 is 0 Å². The molecule has 1 amide bonds. The number of ether oxygens (including phenoxy) is 2. The molecule has 0 fully saturated rings. The Labute approximate surface area is 173 Å². The Morgan fingerprint density at radius 3 is 2.70 bits per heavy atom. The number of hydrogen-bond donors (Lipinski definition) is 2. The van der Waals surface area contributed by atoms with Crippen molar-refractivity contribution in [2.45, 2.75) is 13.1 Å². The highest BCUT2D eigenvalue weighted by atomic mass is 16.7. The molecule has 2 aliphatic rings. The minimum atomic E-state index is -0.553. The van der Waals surface area contributed by atoms with Gasteiger partial charge in [-0.25, -0.2) is 5.01 Å². The Morgan fingerprint density at radius 2 is 1.83 bits per heavy atom. The number of anilines is 1. The number of benzene rings is 3. The number of hydrogen-bond acceptors (Lipinski definition) is 6. The second kappa shape index (κ2) is 7.11. The van der Waals surface area contributed by atoms with E-state index < -0.39 is 6.17 Å². The summed E-state index contributed by atoms with van der Waals surface area (Å²) in [5.41, 5.74) is 3.15. The highest BCUT2D eigenvalue weighted by Crippen LogP contribution is 2.39. The average molecular weight is 401 g/mol. The summed E-state index contributed by atoms with van der Waals surface area (Å²) in [7, 11) is 0. The molecule has 0 spiro atoms. The Morgan fingerprint density at radius 1 is 1.07 bits per heavy atom. The molecular weight excluding hydrogens is 382 g/mol. The molecule has 2 aliphatic heterocycles. The van der Waals surface area contributed by atoms with Crippen molar-refractivity contribution in [1.29, 1.82) is 0 Å². The van der Waals surface area contributed by atoms with Crippen LogP contribution in [0, 0.1) is 0 Å². The Hall–Kier alpha value is -4.00. The van der Waals surface area contributed by atoms with E-state index in [1.807, 2.05) is 42.5 Å². The number of nitrogens with one attached hydrogen (secondary N) is 1. The number of nitrogens with zero attached hydrogens (tertiary/aromatic N) is 2. The van der Waals surface area contributed by atoms with Crippen molar-refractivity contribution in [2.24, 2.45) is 5.10 Å². The van der Waals surface area contributed by atoms with Gasteiger partial charge in [-0.15, -0.1) is 0 Å². The van der Waals surface area contributed by atoms with Crippen molar-refractivity contribution < 1.29 is 19.4 Å². The third-order valence-electron chi connectivity index (χ3n) is 5.17. The molecule has 0 radical (unpaired) electrons. The first-order chi connectivity index (χ1) is 14.6. The first-order valence-electron chi connectivity index (χ1n) is 9.54. The molecule has 2 heterocycles. The van der Waals surface area contributed by atoms with Gasteiger partial charge in [-0.05, 0) is 43.3 Å². The fourth-order valence-corrected chi connectivity index (χ4v) is 3.65. The molecular formula is C23H19N3O4. The van der Waals surface area contributed by atoms with E-state index in [1.54, 1.807) is 31.2 Å². The molecule has 0 aliphatic carbocycles. The second-order valence-corrected chi connectivity index (χ2v) is 7.06. The van der Waals surface area contributed by atoms with Crippen molar-refractivity contribution in [1.82, 2.24) is 5.01 Å². The van der Waals surface area contributed by atoms with Crippen LogP contribution in [0.3, 0.4) is 0 Å². The van der Waals surface area contributed by atoms with Crippen LogP contribution in [0.4, 0.5) is 5.69 Å². The number of fused-ring (bicyclic) bond motifs is 2. The van der Waals surface area contributed by atoms with Gasteiger partial charge in [-0.1, -0.05) is 30.3 Å². The van der Waals surface area contributed by atoms with E-state index in [-0.39, 0.29) is 18.4 Å². The summed E-state index contributed by atoms with van der Waals surface area (Å²) in [5.74, 6) is 1.17. The lowest BCUT2D eigenvalue weighted by Crippen LogP contribution is -2.40. The fraction of sp³-hybridized carbons (Fsp3) is 0.130. The lowest BCUT2D eigenvalue weighted by molar-refractivity contribution is 0.0689. The molecule has 0 bridgehead atoms. The number of aromatic hydroxyl groups is 1. The summed E-state index contributed by atoms with van der Waals surface area (Å²) >= 11 is 0. The van der Waals surface area contributed by atoms with E-state index >= 15 is 0 Å². The molecule has 3 aromatic rings. The van der Waals surface area contributed by atoms with Crippen LogP contribution in [0.2, 0.25) is 0 Å². The van der Waals surface area contributed by atoms with Gasteiger partial charge in [0.1, 0.15) is 5.75 Å². The molecule has 7 heteroatoms. The highest BCUT2D eigenvalue weighted by Gasteiger charge is 2.34. The van der Waals surface area contributed by atoms with Crippen LogP contribution in [0.15, 0.2) is 71.8 Å². The standard InChI is InChI=1S/C23H19N3O4/c1-14(16-6-3-5-9-19(16)27)25-26-22(15-10-11-20-21(12-15)30-13-29-20)24-18-8-4-2-7-17(18)23(26)28/h2-12,22,24,27H,13H2,1H3.